The number of hydrogen-bond acceptors (Lipinski definition) is 2. The summed E-state index contributed by atoms with van der Waals surface area (Å²) in [5.41, 5.74) is 2.44. The van der Waals surface area contributed by atoms with Gasteiger partial charge in [0.05, 0.1) is 5.56 Å². The van der Waals surface area contributed by atoms with Crippen molar-refractivity contribution in [3.8, 4) is 11.8 Å². The van der Waals surface area contributed by atoms with Crippen LogP contribution in [0.25, 0.3) is 0 Å². The minimum Gasteiger partial charge on any atom is -0.478 e. The molecule has 2 rings (SSSR count). The van der Waals surface area contributed by atoms with Gasteiger partial charge in [0.1, 0.15) is 0 Å². The minimum atomic E-state index is -0.954. The molecule has 0 fully saturated rings. The number of aromatic carboxylic acids is 1. The van der Waals surface area contributed by atoms with Crippen LogP contribution in [-0.4, -0.2) is 16.9 Å². The SMILES string of the molecule is CC(=O)c1ccc(C#Cc2ccc(C(=O)O)cc2)cc1. The number of rotatable bonds is 2. The van der Waals surface area contributed by atoms with Gasteiger partial charge in [-0.1, -0.05) is 24.0 Å². The molecule has 1 N–H and O–H groups in total. The summed E-state index contributed by atoms with van der Waals surface area (Å²) in [4.78, 5) is 21.9. The molecule has 3 nitrogen and oxygen atoms in total. The molecule has 20 heavy (non-hydrogen) atoms. The van der Waals surface area contributed by atoms with Crippen molar-refractivity contribution in [1.29, 1.82) is 0 Å². The maximum atomic E-state index is 11.1. The molecule has 0 unspecified atom stereocenters. The van der Waals surface area contributed by atoms with Gasteiger partial charge in [0.25, 0.3) is 0 Å². The quantitative estimate of drug-likeness (QED) is 0.670. The van der Waals surface area contributed by atoms with Crippen molar-refractivity contribution in [2.24, 2.45) is 0 Å². The Bertz CT molecular complexity index is 637. The van der Waals surface area contributed by atoms with E-state index in [1.54, 1.807) is 36.4 Å². The molecule has 0 aliphatic carbocycles. The van der Waals surface area contributed by atoms with Gasteiger partial charge < -0.3 is 5.11 Å². The Kier molecular flexibility index (Phi) is 3.97. The van der Waals surface area contributed by atoms with Crippen LogP contribution in [0.5, 0.6) is 0 Å². The van der Waals surface area contributed by atoms with Crippen molar-refractivity contribution >= 4 is 11.8 Å². The molecule has 0 atom stereocenters. The lowest BCUT2D eigenvalue weighted by atomic mass is 10.1. The molecule has 0 spiro atoms. The topological polar surface area (TPSA) is 54.4 Å². The van der Waals surface area contributed by atoms with Gasteiger partial charge in [-0.15, -0.1) is 0 Å². The van der Waals surface area contributed by atoms with Gasteiger partial charge in [-0.25, -0.2) is 4.79 Å². The predicted octanol–water partition coefficient (Wildman–Crippen LogP) is 2.99. The molecule has 0 heterocycles. The highest BCUT2D eigenvalue weighted by Gasteiger charge is 2.00. The van der Waals surface area contributed by atoms with Crippen molar-refractivity contribution in [3.05, 3.63) is 70.8 Å². The van der Waals surface area contributed by atoms with Crippen LogP contribution >= 0.6 is 0 Å². The van der Waals surface area contributed by atoms with Crippen LogP contribution in [0, 0.1) is 11.8 Å². The number of carbonyl (C=O) groups is 2. The van der Waals surface area contributed by atoms with E-state index in [4.69, 9.17) is 5.11 Å². The van der Waals surface area contributed by atoms with E-state index < -0.39 is 5.97 Å². The fraction of sp³-hybridized carbons (Fsp3) is 0.0588. The highest BCUT2D eigenvalue weighted by atomic mass is 16.4. The average molecular weight is 264 g/mol. The van der Waals surface area contributed by atoms with Crippen molar-refractivity contribution in [3.63, 3.8) is 0 Å². The molecule has 2 aromatic rings. The first kappa shape index (κ1) is 13.6. The van der Waals surface area contributed by atoms with Crippen molar-refractivity contribution in [1.82, 2.24) is 0 Å². The maximum absolute atomic E-state index is 11.1. The number of benzene rings is 2. The minimum absolute atomic E-state index is 0.0220. The summed E-state index contributed by atoms with van der Waals surface area (Å²) in [5, 5.41) is 8.79. The Morgan fingerprint density at radius 1 is 0.800 bits per heavy atom. The predicted molar refractivity (Wildman–Crippen MR) is 75.8 cm³/mol. The summed E-state index contributed by atoms with van der Waals surface area (Å²) in [6, 6.07) is 13.4. The van der Waals surface area contributed by atoms with Gasteiger partial charge in [-0.2, -0.15) is 0 Å². The largest absolute Gasteiger partial charge is 0.478 e. The standard InChI is InChI=1S/C17H12O3/c1-12(18)15-8-4-13(5-9-15)2-3-14-6-10-16(11-7-14)17(19)20/h4-11H,1H3,(H,19,20). The summed E-state index contributed by atoms with van der Waals surface area (Å²) in [5.74, 6) is 4.98. The summed E-state index contributed by atoms with van der Waals surface area (Å²) >= 11 is 0. The van der Waals surface area contributed by atoms with Gasteiger partial charge in [0.2, 0.25) is 0 Å². The lowest BCUT2D eigenvalue weighted by Gasteiger charge is -1.95. The van der Waals surface area contributed by atoms with E-state index in [-0.39, 0.29) is 11.3 Å². The van der Waals surface area contributed by atoms with Crippen molar-refractivity contribution in [2.45, 2.75) is 6.92 Å². The van der Waals surface area contributed by atoms with E-state index in [1.807, 2.05) is 0 Å². The zero-order chi connectivity index (χ0) is 14.5. The normalized spacial score (nSPS) is 9.45. The highest BCUT2D eigenvalue weighted by Crippen LogP contribution is 2.06. The number of Topliss-reactive ketones (excluding diaryl/α,β-unsaturated/α-hetero) is 1. The lowest BCUT2D eigenvalue weighted by Crippen LogP contribution is -1.94. The Hall–Kier alpha value is -2.86. The number of carboxylic acid groups (broad SMARTS) is 1. The summed E-state index contributed by atoms with van der Waals surface area (Å²) in [6.07, 6.45) is 0. The van der Waals surface area contributed by atoms with Crippen LogP contribution in [0.15, 0.2) is 48.5 Å². The average Bonchev–Trinajstić information content (AvgIpc) is 2.46. The number of carbonyl (C=O) groups excluding carboxylic acids is 1. The Morgan fingerprint density at radius 3 is 1.55 bits per heavy atom. The van der Waals surface area contributed by atoms with E-state index in [9.17, 15) is 9.59 Å². The van der Waals surface area contributed by atoms with Gasteiger partial charge in [0.15, 0.2) is 5.78 Å². The number of carboxylic acids is 1. The van der Waals surface area contributed by atoms with Crippen LogP contribution in [0.3, 0.4) is 0 Å². The van der Waals surface area contributed by atoms with Crippen molar-refractivity contribution < 1.29 is 14.7 Å². The molecule has 3 heteroatoms. The molecule has 98 valence electrons. The molecular weight excluding hydrogens is 252 g/mol. The third-order valence-corrected chi connectivity index (χ3v) is 2.77. The van der Waals surface area contributed by atoms with Gasteiger partial charge in [-0.05, 0) is 43.3 Å². The first-order valence-electron chi connectivity index (χ1n) is 6.02. The lowest BCUT2D eigenvalue weighted by molar-refractivity contribution is 0.0696. The van der Waals surface area contributed by atoms with E-state index in [0.29, 0.717) is 5.56 Å². The van der Waals surface area contributed by atoms with E-state index in [2.05, 4.69) is 11.8 Å². The summed E-state index contributed by atoms with van der Waals surface area (Å²) in [7, 11) is 0. The summed E-state index contributed by atoms with van der Waals surface area (Å²) < 4.78 is 0. The van der Waals surface area contributed by atoms with Crippen LogP contribution in [-0.2, 0) is 0 Å². The number of hydrogen-bond donors (Lipinski definition) is 1. The van der Waals surface area contributed by atoms with Crippen LogP contribution in [0.4, 0.5) is 0 Å². The monoisotopic (exact) mass is 264 g/mol. The second-order valence-corrected chi connectivity index (χ2v) is 4.27. The molecule has 0 saturated carbocycles. The fourth-order valence-corrected chi connectivity index (χ4v) is 1.63. The maximum Gasteiger partial charge on any atom is 0.335 e. The molecular formula is C17H12O3. The summed E-state index contributed by atoms with van der Waals surface area (Å²) in [6.45, 7) is 1.52. The molecule has 2 aromatic carbocycles. The third kappa shape index (κ3) is 3.33. The second kappa shape index (κ2) is 5.85. The fourth-order valence-electron chi connectivity index (χ4n) is 1.63. The van der Waals surface area contributed by atoms with Crippen LogP contribution in [0.1, 0.15) is 38.8 Å². The molecule has 0 aromatic heterocycles. The first-order chi connectivity index (χ1) is 9.56. The smallest absolute Gasteiger partial charge is 0.335 e. The Labute approximate surface area is 116 Å². The van der Waals surface area contributed by atoms with Crippen molar-refractivity contribution in [2.75, 3.05) is 0 Å². The van der Waals surface area contributed by atoms with E-state index in [1.165, 1.54) is 19.1 Å². The number of ketones is 1. The van der Waals surface area contributed by atoms with E-state index in [0.717, 1.165) is 11.1 Å². The molecule has 0 bridgehead atoms. The molecule has 0 aliphatic heterocycles. The Balaban J connectivity index is 2.17. The zero-order valence-corrected chi connectivity index (χ0v) is 10.9. The van der Waals surface area contributed by atoms with E-state index >= 15 is 0 Å². The highest BCUT2D eigenvalue weighted by molar-refractivity contribution is 5.94. The van der Waals surface area contributed by atoms with Gasteiger partial charge in [0, 0.05) is 16.7 Å². The second-order valence-electron chi connectivity index (χ2n) is 4.27. The van der Waals surface area contributed by atoms with Gasteiger partial charge >= 0.3 is 5.97 Å². The molecule has 0 radical (unpaired) electrons. The van der Waals surface area contributed by atoms with Gasteiger partial charge in [-0.3, -0.25) is 4.79 Å². The molecule has 0 saturated heterocycles. The Morgan fingerprint density at radius 2 is 1.20 bits per heavy atom. The van der Waals surface area contributed by atoms with Crippen LogP contribution in [0.2, 0.25) is 0 Å². The van der Waals surface area contributed by atoms with Crippen LogP contribution < -0.4 is 0 Å². The molecule has 0 amide bonds. The first-order valence-corrected chi connectivity index (χ1v) is 6.02. The zero-order valence-electron chi connectivity index (χ0n) is 10.9. The molecule has 0 aliphatic rings. The third-order valence-electron chi connectivity index (χ3n) is 2.77.